The maximum absolute atomic E-state index is 9.94. The van der Waals surface area contributed by atoms with Gasteiger partial charge in [0.2, 0.25) is 0 Å². The van der Waals surface area contributed by atoms with Gasteiger partial charge in [-0.2, -0.15) is 0 Å². The quantitative estimate of drug-likeness (QED) is 0.393. The van der Waals surface area contributed by atoms with Crippen LogP contribution < -0.4 is 4.74 Å². The van der Waals surface area contributed by atoms with Gasteiger partial charge in [0, 0.05) is 18.0 Å². The fourth-order valence-electron chi connectivity index (χ4n) is 3.61. The summed E-state index contributed by atoms with van der Waals surface area (Å²) in [4.78, 5) is 4.60. The smallest absolute Gasteiger partial charge is 0.197 e. The molecule has 0 aliphatic carbocycles. The maximum Gasteiger partial charge on any atom is 0.197 e. The molecule has 1 atom stereocenters. The number of aliphatic hydroxyl groups excluding tert-OH is 1. The molecule has 3 aromatic carbocycles. The topological polar surface area (TPSA) is 42.4 Å². The Labute approximate surface area is 171 Å². The van der Waals surface area contributed by atoms with Crippen LogP contribution in [0.2, 0.25) is 0 Å². The molecule has 3 nitrogen and oxygen atoms in total. The molecule has 0 radical (unpaired) electrons. The van der Waals surface area contributed by atoms with Gasteiger partial charge in [0.25, 0.3) is 0 Å². The summed E-state index contributed by atoms with van der Waals surface area (Å²) in [7, 11) is 0. The summed E-state index contributed by atoms with van der Waals surface area (Å²) >= 11 is 0. The van der Waals surface area contributed by atoms with Gasteiger partial charge in [0.15, 0.2) is 6.29 Å². The molecule has 0 aliphatic rings. The largest absolute Gasteiger partial charge is 0.465 e. The fraction of sp³-hybridized carbons (Fsp3) is 0.192. The van der Waals surface area contributed by atoms with E-state index in [4.69, 9.17) is 4.74 Å². The van der Waals surface area contributed by atoms with E-state index in [9.17, 15) is 5.11 Å². The number of aromatic nitrogens is 1. The molecule has 29 heavy (non-hydrogen) atoms. The fourth-order valence-corrected chi connectivity index (χ4v) is 3.61. The van der Waals surface area contributed by atoms with Crippen LogP contribution in [-0.2, 0) is 0 Å². The predicted octanol–water partition coefficient (Wildman–Crippen LogP) is 6.37. The van der Waals surface area contributed by atoms with Gasteiger partial charge in [-0.3, -0.25) is 4.98 Å². The van der Waals surface area contributed by atoms with Crippen molar-refractivity contribution in [3.05, 3.63) is 84.6 Å². The van der Waals surface area contributed by atoms with Crippen molar-refractivity contribution in [1.82, 2.24) is 4.98 Å². The molecule has 1 heterocycles. The third-order valence-corrected chi connectivity index (χ3v) is 5.13. The van der Waals surface area contributed by atoms with Gasteiger partial charge in [0.1, 0.15) is 5.75 Å². The summed E-state index contributed by atoms with van der Waals surface area (Å²) in [6, 6.07) is 24.9. The molecule has 0 bridgehead atoms. The van der Waals surface area contributed by atoms with E-state index in [-0.39, 0.29) is 0 Å². The molecule has 4 rings (SSSR count). The lowest BCUT2D eigenvalue weighted by molar-refractivity contribution is -0.0237. The van der Waals surface area contributed by atoms with Crippen molar-refractivity contribution in [2.75, 3.05) is 0 Å². The van der Waals surface area contributed by atoms with Crippen LogP contribution in [-0.4, -0.2) is 16.4 Å². The van der Waals surface area contributed by atoms with Gasteiger partial charge in [0.05, 0.1) is 5.52 Å². The first-order valence-electron chi connectivity index (χ1n) is 10.1. The normalized spacial score (nSPS) is 12.1. The average Bonchev–Trinajstić information content (AvgIpc) is 2.75. The number of ether oxygens (including phenoxy) is 1. The second-order valence-electron chi connectivity index (χ2n) is 7.30. The van der Waals surface area contributed by atoms with Crippen molar-refractivity contribution in [2.24, 2.45) is 0 Å². The van der Waals surface area contributed by atoms with Gasteiger partial charge >= 0.3 is 0 Å². The van der Waals surface area contributed by atoms with E-state index in [0.29, 0.717) is 6.42 Å². The highest BCUT2D eigenvalue weighted by molar-refractivity contribution is 5.96. The number of aryl methyl sites for hydroxylation is 1. The van der Waals surface area contributed by atoms with E-state index in [0.717, 1.165) is 45.3 Å². The molecule has 0 spiro atoms. The molecule has 0 fully saturated rings. The Balaban J connectivity index is 1.70. The minimum Gasteiger partial charge on any atom is -0.465 e. The van der Waals surface area contributed by atoms with Gasteiger partial charge in [-0.15, -0.1) is 0 Å². The van der Waals surface area contributed by atoms with E-state index in [1.54, 1.807) is 0 Å². The summed E-state index contributed by atoms with van der Waals surface area (Å²) in [5.74, 6) is 0.722. The Kier molecular flexibility index (Phi) is 5.59. The number of pyridine rings is 1. The molecule has 1 unspecified atom stereocenters. The Morgan fingerprint density at radius 3 is 2.45 bits per heavy atom. The number of rotatable bonds is 6. The summed E-state index contributed by atoms with van der Waals surface area (Å²) < 4.78 is 5.67. The monoisotopic (exact) mass is 383 g/mol. The highest BCUT2D eigenvalue weighted by atomic mass is 16.6. The summed E-state index contributed by atoms with van der Waals surface area (Å²) in [5.41, 5.74) is 6.57. The van der Waals surface area contributed by atoms with Crippen LogP contribution in [0.1, 0.15) is 25.3 Å². The molecule has 0 amide bonds. The zero-order valence-electron chi connectivity index (χ0n) is 16.8. The standard InChI is InChI=1S/C26H25NO2/c1-3-7-26(28)29-25-13-11-21(16-18(25)2)22-14-15-27-24-17-20(10-12-23(22)24)19-8-5-4-6-9-19/h4-6,8-17,26,28H,3,7H2,1-2H3. The zero-order valence-corrected chi connectivity index (χ0v) is 16.8. The third-order valence-electron chi connectivity index (χ3n) is 5.13. The minimum absolute atomic E-state index is 0.625. The molecule has 4 aromatic rings. The molecule has 0 saturated heterocycles. The Hall–Kier alpha value is -3.17. The highest BCUT2D eigenvalue weighted by Gasteiger charge is 2.11. The van der Waals surface area contributed by atoms with Crippen LogP contribution in [0.3, 0.4) is 0 Å². The van der Waals surface area contributed by atoms with Crippen molar-refractivity contribution >= 4 is 10.9 Å². The Morgan fingerprint density at radius 2 is 1.69 bits per heavy atom. The highest BCUT2D eigenvalue weighted by Crippen LogP contribution is 2.33. The van der Waals surface area contributed by atoms with Crippen molar-refractivity contribution in [3.8, 4) is 28.0 Å². The van der Waals surface area contributed by atoms with Gasteiger partial charge in [-0.05, 0) is 59.0 Å². The van der Waals surface area contributed by atoms with Crippen LogP contribution in [0.15, 0.2) is 79.0 Å². The second kappa shape index (κ2) is 8.46. The van der Waals surface area contributed by atoms with Crippen LogP contribution in [0.25, 0.3) is 33.2 Å². The molecule has 0 aliphatic heterocycles. The third kappa shape index (κ3) is 4.15. The van der Waals surface area contributed by atoms with Crippen LogP contribution >= 0.6 is 0 Å². The zero-order chi connectivity index (χ0) is 20.2. The van der Waals surface area contributed by atoms with E-state index in [2.05, 4.69) is 41.4 Å². The lowest BCUT2D eigenvalue weighted by Crippen LogP contribution is -2.15. The molecular formula is C26H25NO2. The van der Waals surface area contributed by atoms with Crippen LogP contribution in [0, 0.1) is 6.92 Å². The lowest BCUT2D eigenvalue weighted by Gasteiger charge is -2.16. The van der Waals surface area contributed by atoms with Gasteiger partial charge in [-0.25, -0.2) is 0 Å². The van der Waals surface area contributed by atoms with E-state index >= 15 is 0 Å². The number of benzene rings is 3. The molecule has 0 saturated carbocycles. The Morgan fingerprint density at radius 1 is 0.897 bits per heavy atom. The first-order chi connectivity index (χ1) is 14.2. The van der Waals surface area contributed by atoms with Gasteiger partial charge < -0.3 is 9.84 Å². The van der Waals surface area contributed by atoms with Crippen molar-refractivity contribution < 1.29 is 9.84 Å². The number of hydrogen-bond acceptors (Lipinski definition) is 3. The van der Waals surface area contributed by atoms with Crippen molar-refractivity contribution in [2.45, 2.75) is 33.0 Å². The lowest BCUT2D eigenvalue weighted by atomic mass is 9.97. The summed E-state index contributed by atoms with van der Waals surface area (Å²) in [6.07, 6.45) is 2.60. The summed E-state index contributed by atoms with van der Waals surface area (Å²) in [5, 5.41) is 11.1. The first kappa shape index (κ1) is 19.2. The molecule has 3 heteroatoms. The number of hydrogen-bond donors (Lipinski definition) is 1. The predicted molar refractivity (Wildman–Crippen MR) is 119 cm³/mol. The van der Waals surface area contributed by atoms with Crippen LogP contribution in [0.5, 0.6) is 5.75 Å². The second-order valence-corrected chi connectivity index (χ2v) is 7.30. The SMILES string of the molecule is CCCC(O)Oc1ccc(-c2ccnc3cc(-c4ccccc4)ccc23)cc1C. The van der Waals surface area contributed by atoms with E-state index in [1.807, 2.05) is 56.4 Å². The molecule has 1 aromatic heterocycles. The van der Waals surface area contributed by atoms with E-state index in [1.165, 1.54) is 5.56 Å². The number of fused-ring (bicyclic) bond motifs is 1. The average molecular weight is 383 g/mol. The molecule has 146 valence electrons. The summed E-state index contributed by atoms with van der Waals surface area (Å²) in [6.45, 7) is 4.04. The first-order valence-corrected chi connectivity index (χ1v) is 10.1. The molecular weight excluding hydrogens is 358 g/mol. The van der Waals surface area contributed by atoms with E-state index < -0.39 is 6.29 Å². The minimum atomic E-state index is -0.761. The van der Waals surface area contributed by atoms with Gasteiger partial charge in [-0.1, -0.05) is 61.9 Å². The van der Waals surface area contributed by atoms with Crippen molar-refractivity contribution in [1.29, 1.82) is 0 Å². The Bertz CT molecular complexity index is 1120. The number of aliphatic hydroxyl groups is 1. The van der Waals surface area contributed by atoms with Crippen LogP contribution in [0.4, 0.5) is 0 Å². The van der Waals surface area contributed by atoms with Crippen molar-refractivity contribution in [3.63, 3.8) is 0 Å². The molecule has 1 N–H and O–H groups in total. The maximum atomic E-state index is 9.94. The number of nitrogens with zero attached hydrogens (tertiary/aromatic N) is 1.